The molecule has 17 heavy (non-hydrogen) atoms. The maximum atomic E-state index is 10.7. The fourth-order valence-electron chi connectivity index (χ4n) is 1.49. The highest BCUT2D eigenvalue weighted by Crippen LogP contribution is 2.18. The average Bonchev–Trinajstić information content (AvgIpc) is 2.23. The number of benzene rings is 1. The van der Waals surface area contributed by atoms with E-state index in [-0.39, 0.29) is 5.12 Å². The molecule has 0 spiro atoms. The zero-order valence-electron chi connectivity index (χ0n) is 10.5. The van der Waals surface area contributed by atoms with E-state index >= 15 is 0 Å². The number of nitrogen functional groups attached to an aromatic ring is 1. The van der Waals surface area contributed by atoms with Gasteiger partial charge in [-0.1, -0.05) is 29.7 Å². The molecule has 0 amide bonds. The lowest BCUT2D eigenvalue weighted by Gasteiger charge is -2.04. The van der Waals surface area contributed by atoms with Crippen LogP contribution in [0.3, 0.4) is 0 Å². The van der Waals surface area contributed by atoms with Gasteiger partial charge < -0.3 is 5.73 Å². The van der Waals surface area contributed by atoms with Crippen molar-refractivity contribution < 1.29 is 4.79 Å². The summed E-state index contributed by atoms with van der Waals surface area (Å²) in [6, 6.07) is 4.04. The number of aryl methyl sites for hydroxylation is 2. The minimum Gasteiger partial charge on any atom is -0.398 e. The Morgan fingerprint density at radius 2 is 2.12 bits per heavy atom. The molecule has 0 heterocycles. The van der Waals surface area contributed by atoms with Crippen molar-refractivity contribution in [3.8, 4) is 11.8 Å². The van der Waals surface area contributed by atoms with Gasteiger partial charge in [-0.25, -0.2) is 0 Å². The zero-order valence-corrected chi connectivity index (χ0v) is 11.3. The molecule has 0 atom stereocenters. The first-order valence-corrected chi connectivity index (χ1v) is 6.48. The number of thioether (sulfide) groups is 1. The summed E-state index contributed by atoms with van der Waals surface area (Å²) in [4.78, 5) is 10.7. The first kappa shape index (κ1) is 13.7. The monoisotopic (exact) mass is 247 g/mol. The number of anilines is 1. The van der Waals surface area contributed by atoms with Crippen molar-refractivity contribution in [2.75, 3.05) is 11.5 Å². The molecule has 0 aliphatic heterocycles. The Balaban J connectivity index is 2.68. The zero-order chi connectivity index (χ0) is 12.8. The Morgan fingerprint density at radius 3 is 2.76 bits per heavy atom. The van der Waals surface area contributed by atoms with Gasteiger partial charge in [-0.15, -0.1) is 0 Å². The van der Waals surface area contributed by atoms with Gasteiger partial charge in [0.1, 0.15) is 0 Å². The summed E-state index contributed by atoms with van der Waals surface area (Å²) in [7, 11) is 0. The normalized spacial score (nSPS) is 9.59. The summed E-state index contributed by atoms with van der Waals surface area (Å²) in [5.41, 5.74) is 9.82. The van der Waals surface area contributed by atoms with Crippen LogP contribution in [0.1, 0.15) is 30.0 Å². The van der Waals surface area contributed by atoms with E-state index in [1.165, 1.54) is 17.3 Å². The van der Waals surface area contributed by atoms with Gasteiger partial charge in [-0.3, -0.25) is 4.79 Å². The van der Waals surface area contributed by atoms with Gasteiger partial charge >= 0.3 is 0 Å². The van der Waals surface area contributed by atoms with Crippen LogP contribution in [-0.2, 0) is 4.79 Å². The van der Waals surface area contributed by atoms with E-state index in [1.807, 2.05) is 26.0 Å². The fraction of sp³-hybridized carbons (Fsp3) is 0.357. The van der Waals surface area contributed by atoms with E-state index in [9.17, 15) is 4.79 Å². The van der Waals surface area contributed by atoms with Crippen LogP contribution in [0.15, 0.2) is 12.1 Å². The predicted molar refractivity (Wildman–Crippen MR) is 75.0 cm³/mol. The standard InChI is InChI=1S/C14H17NOS/c1-10-8-11(2)14(15)13(9-10)6-4-5-7-17-12(3)16/h8-9H,5,7,15H2,1-3H3. The quantitative estimate of drug-likeness (QED) is 0.496. The number of hydrogen-bond acceptors (Lipinski definition) is 3. The minimum absolute atomic E-state index is 0.137. The fourth-order valence-corrected chi connectivity index (χ4v) is 1.98. The lowest BCUT2D eigenvalue weighted by atomic mass is 10.0. The van der Waals surface area contributed by atoms with Crippen LogP contribution < -0.4 is 5.73 Å². The Morgan fingerprint density at radius 1 is 1.41 bits per heavy atom. The number of hydrogen-bond donors (Lipinski definition) is 1. The maximum absolute atomic E-state index is 10.7. The van der Waals surface area contributed by atoms with Crippen LogP contribution in [0.4, 0.5) is 5.69 Å². The lowest BCUT2D eigenvalue weighted by Crippen LogP contribution is -1.95. The highest BCUT2D eigenvalue weighted by atomic mass is 32.2. The van der Waals surface area contributed by atoms with Crippen molar-refractivity contribution in [3.63, 3.8) is 0 Å². The summed E-state index contributed by atoms with van der Waals surface area (Å²) < 4.78 is 0. The second-order valence-corrected chi connectivity index (χ2v) is 5.21. The SMILES string of the molecule is CC(=O)SCCC#Cc1cc(C)cc(C)c1N. The number of carbonyl (C=O) groups is 1. The van der Waals surface area contributed by atoms with E-state index in [1.54, 1.807) is 6.92 Å². The van der Waals surface area contributed by atoms with Crippen LogP contribution in [0.25, 0.3) is 0 Å². The van der Waals surface area contributed by atoms with E-state index in [0.29, 0.717) is 6.42 Å². The Bertz CT molecular complexity index is 483. The van der Waals surface area contributed by atoms with Crippen LogP contribution in [0, 0.1) is 25.7 Å². The van der Waals surface area contributed by atoms with E-state index < -0.39 is 0 Å². The molecule has 1 rings (SSSR count). The van der Waals surface area contributed by atoms with Gasteiger partial charge in [0.05, 0.1) is 5.69 Å². The third-order valence-electron chi connectivity index (χ3n) is 2.29. The topological polar surface area (TPSA) is 43.1 Å². The Labute approximate surface area is 107 Å². The molecule has 3 heteroatoms. The third kappa shape index (κ3) is 4.54. The molecule has 0 fully saturated rings. The van der Waals surface area contributed by atoms with Crippen LogP contribution in [0.5, 0.6) is 0 Å². The molecule has 1 aromatic carbocycles. The van der Waals surface area contributed by atoms with Gasteiger partial charge in [0, 0.05) is 24.7 Å². The number of carbonyl (C=O) groups excluding carboxylic acids is 1. The highest BCUT2D eigenvalue weighted by Gasteiger charge is 2.00. The average molecular weight is 247 g/mol. The van der Waals surface area contributed by atoms with E-state index in [4.69, 9.17) is 5.73 Å². The molecule has 0 radical (unpaired) electrons. The second-order valence-electron chi connectivity index (χ2n) is 3.93. The summed E-state index contributed by atoms with van der Waals surface area (Å²) in [6.45, 7) is 5.59. The number of nitrogens with two attached hydrogens (primary N) is 1. The first-order valence-electron chi connectivity index (χ1n) is 5.49. The Kier molecular flexibility index (Phi) is 5.11. The molecule has 1 aromatic rings. The van der Waals surface area contributed by atoms with Crippen molar-refractivity contribution in [2.24, 2.45) is 0 Å². The maximum Gasteiger partial charge on any atom is 0.185 e. The molecule has 0 saturated carbocycles. The summed E-state index contributed by atoms with van der Waals surface area (Å²) >= 11 is 1.30. The van der Waals surface area contributed by atoms with Gasteiger partial charge in [0.2, 0.25) is 0 Å². The van der Waals surface area contributed by atoms with Gasteiger partial charge in [-0.05, 0) is 31.0 Å². The van der Waals surface area contributed by atoms with Gasteiger partial charge in [-0.2, -0.15) is 0 Å². The van der Waals surface area contributed by atoms with Crippen LogP contribution in [-0.4, -0.2) is 10.9 Å². The van der Waals surface area contributed by atoms with E-state index in [0.717, 1.165) is 22.6 Å². The van der Waals surface area contributed by atoms with Crippen LogP contribution in [0.2, 0.25) is 0 Å². The highest BCUT2D eigenvalue weighted by molar-refractivity contribution is 8.13. The summed E-state index contributed by atoms with van der Waals surface area (Å²) in [6.07, 6.45) is 0.705. The molecule has 2 nitrogen and oxygen atoms in total. The smallest absolute Gasteiger partial charge is 0.185 e. The van der Waals surface area contributed by atoms with Crippen molar-refractivity contribution in [2.45, 2.75) is 27.2 Å². The molecule has 0 aliphatic rings. The van der Waals surface area contributed by atoms with Crippen LogP contribution >= 0.6 is 11.8 Å². The van der Waals surface area contributed by atoms with E-state index in [2.05, 4.69) is 11.8 Å². The van der Waals surface area contributed by atoms with Crippen molar-refractivity contribution in [1.82, 2.24) is 0 Å². The molecule has 0 saturated heterocycles. The van der Waals surface area contributed by atoms with Gasteiger partial charge in [0.15, 0.2) is 5.12 Å². The van der Waals surface area contributed by atoms with Crippen molar-refractivity contribution >= 4 is 22.6 Å². The molecule has 0 aromatic heterocycles. The first-order chi connectivity index (χ1) is 8.00. The largest absolute Gasteiger partial charge is 0.398 e. The molecular weight excluding hydrogens is 230 g/mol. The predicted octanol–water partition coefficient (Wildman–Crippen LogP) is 2.91. The lowest BCUT2D eigenvalue weighted by molar-refractivity contribution is -0.109. The molecule has 0 aliphatic carbocycles. The van der Waals surface area contributed by atoms with Crippen molar-refractivity contribution in [3.05, 3.63) is 28.8 Å². The second kappa shape index (κ2) is 6.36. The molecule has 90 valence electrons. The molecule has 0 bridgehead atoms. The third-order valence-corrected chi connectivity index (χ3v) is 3.10. The summed E-state index contributed by atoms with van der Waals surface area (Å²) in [5.74, 6) is 6.86. The summed E-state index contributed by atoms with van der Waals surface area (Å²) in [5, 5.41) is 0.137. The molecule has 0 unspecified atom stereocenters. The molecular formula is C14H17NOS. The Hall–Kier alpha value is -1.40. The van der Waals surface area contributed by atoms with Gasteiger partial charge in [0.25, 0.3) is 0 Å². The minimum atomic E-state index is 0.137. The molecule has 2 N–H and O–H groups in total. The van der Waals surface area contributed by atoms with Crippen molar-refractivity contribution in [1.29, 1.82) is 0 Å². The number of rotatable bonds is 2.